The van der Waals surface area contributed by atoms with Crippen molar-refractivity contribution in [3.8, 4) is 0 Å². The van der Waals surface area contributed by atoms with E-state index in [0.717, 1.165) is 27.8 Å². The molecule has 2 amide bonds. The number of benzene rings is 1. The first-order chi connectivity index (χ1) is 15.3. The zero-order valence-electron chi connectivity index (χ0n) is 17.4. The first-order valence-corrected chi connectivity index (χ1v) is 12.8. The van der Waals surface area contributed by atoms with E-state index >= 15 is 0 Å². The van der Waals surface area contributed by atoms with E-state index in [1.54, 1.807) is 11.0 Å². The van der Waals surface area contributed by atoms with E-state index in [4.69, 9.17) is 11.6 Å². The average molecular weight is 495 g/mol. The van der Waals surface area contributed by atoms with Crippen molar-refractivity contribution in [1.82, 2.24) is 19.5 Å². The molecule has 1 aliphatic rings. The Morgan fingerprint density at radius 3 is 2.53 bits per heavy atom. The predicted octanol–water partition coefficient (Wildman–Crippen LogP) is 2.46. The van der Waals surface area contributed by atoms with Crippen molar-refractivity contribution in [2.45, 2.75) is 23.6 Å². The summed E-state index contributed by atoms with van der Waals surface area (Å²) in [5.41, 5.74) is 1.90. The number of piperazine rings is 1. The Morgan fingerprint density at radius 2 is 1.88 bits per heavy atom. The number of aromatic nitrogens is 1. The third kappa shape index (κ3) is 4.68. The molecule has 170 valence electrons. The lowest BCUT2D eigenvalue weighted by molar-refractivity contribution is -0.137. The van der Waals surface area contributed by atoms with E-state index in [-0.39, 0.29) is 42.2 Å². The Bertz CT molecular complexity index is 1250. The van der Waals surface area contributed by atoms with Crippen molar-refractivity contribution in [3.63, 3.8) is 0 Å². The van der Waals surface area contributed by atoms with Gasteiger partial charge in [-0.25, -0.2) is 8.42 Å². The summed E-state index contributed by atoms with van der Waals surface area (Å²) in [6.45, 7) is 2.25. The largest absolute Gasteiger partial charge is 0.361 e. The van der Waals surface area contributed by atoms with Crippen molar-refractivity contribution in [1.29, 1.82) is 0 Å². The van der Waals surface area contributed by atoms with Crippen molar-refractivity contribution in [2.75, 3.05) is 26.2 Å². The molecule has 2 aromatic heterocycles. The minimum absolute atomic E-state index is 0.184. The zero-order chi connectivity index (χ0) is 22.9. The number of carbonyl (C=O) groups excluding carboxylic acids is 2. The maximum atomic E-state index is 13.2. The van der Waals surface area contributed by atoms with Crippen molar-refractivity contribution < 1.29 is 18.0 Å². The number of para-hydroxylation sites is 1. The Balaban J connectivity index is 1.46. The molecule has 4 rings (SSSR count). The van der Waals surface area contributed by atoms with Gasteiger partial charge >= 0.3 is 0 Å². The number of nitrogens with one attached hydrogen (secondary N) is 2. The lowest BCUT2D eigenvalue weighted by Gasteiger charge is -2.35. The number of carbonyl (C=O) groups is 2. The SMILES string of the molecule is CC(=O)N[C@@H](Cc1c[nH]c2ccccc12)C(=O)N1CCN(S(=O)(=O)c2ccc(Cl)s2)CC1. The standard InChI is InChI=1S/C21H23ClN4O4S2/c1-14(27)24-18(12-15-13-23-17-5-3-2-4-16(15)17)21(28)25-8-10-26(11-9-25)32(29,30)20-7-6-19(22)31-20/h2-7,13,18,23H,8-12H2,1H3,(H,24,27)/t18-/m0/s1. The fraction of sp³-hybridized carbons (Fsp3) is 0.333. The lowest BCUT2D eigenvalue weighted by Crippen LogP contribution is -2.56. The molecule has 3 heterocycles. The number of thiophene rings is 1. The molecule has 1 atom stereocenters. The van der Waals surface area contributed by atoms with Crippen molar-refractivity contribution in [3.05, 3.63) is 52.5 Å². The predicted molar refractivity (Wildman–Crippen MR) is 124 cm³/mol. The quantitative estimate of drug-likeness (QED) is 0.549. The highest BCUT2D eigenvalue weighted by atomic mass is 35.5. The van der Waals surface area contributed by atoms with Gasteiger partial charge in [0.2, 0.25) is 11.8 Å². The fourth-order valence-electron chi connectivity index (χ4n) is 3.90. The van der Waals surface area contributed by atoms with Crippen LogP contribution in [0.4, 0.5) is 0 Å². The second-order valence-corrected chi connectivity index (χ2v) is 11.5. The molecule has 1 aliphatic heterocycles. The molecule has 11 heteroatoms. The van der Waals surface area contributed by atoms with Crippen LogP contribution in [-0.4, -0.2) is 66.6 Å². The minimum atomic E-state index is -3.64. The van der Waals surface area contributed by atoms with E-state index in [1.807, 2.05) is 30.5 Å². The van der Waals surface area contributed by atoms with E-state index in [2.05, 4.69) is 10.3 Å². The topological polar surface area (TPSA) is 103 Å². The summed E-state index contributed by atoms with van der Waals surface area (Å²) in [4.78, 5) is 29.8. The summed E-state index contributed by atoms with van der Waals surface area (Å²) in [6, 6.07) is 10.1. The van der Waals surface area contributed by atoms with Crippen LogP contribution in [0.2, 0.25) is 4.34 Å². The highest BCUT2D eigenvalue weighted by Gasteiger charge is 2.33. The summed E-state index contributed by atoms with van der Waals surface area (Å²) in [7, 11) is -3.64. The summed E-state index contributed by atoms with van der Waals surface area (Å²) < 4.78 is 27.6. The number of amides is 2. The van der Waals surface area contributed by atoms with Gasteiger partial charge < -0.3 is 15.2 Å². The van der Waals surface area contributed by atoms with Crippen LogP contribution in [-0.2, 0) is 26.0 Å². The van der Waals surface area contributed by atoms with Gasteiger partial charge in [0, 0.05) is 56.6 Å². The number of nitrogens with zero attached hydrogens (tertiary/aromatic N) is 2. The molecule has 0 aliphatic carbocycles. The number of sulfonamides is 1. The van der Waals surface area contributed by atoms with Gasteiger partial charge in [-0.3, -0.25) is 9.59 Å². The van der Waals surface area contributed by atoms with Gasteiger partial charge in [-0.1, -0.05) is 29.8 Å². The maximum absolute atomic E-state index is 13.2. The van der Waals surface area contributed by atoms with Crippen LogP contribution in [0.15, 0.2) is 46.8 Å². The third-order valence-corrected chi connectivity index (χ3v) is 9.06. The van der Waals surface area contributed by atoms with Gasteiger partial charge in [-0.05, 0) is 23.8 Å². The number of fused-ring (bicyclic) bond motifs is 1. The summed E-state index contributed by atoms with van der Waals surface area (Å²) in [5, 5.41) is 3.76. The van der Waals surface area contributed by atoms with Crippen molar-refractivity contribution >= 4 is 55.7 Å². The van der Waals surface area contributed by atoms with Crippen LogP contribution in [0.3, 0.4) is 0 Å². The summed E-state index contributed by atoms with van der Waals surface area (Å²) in [6.07, 6.45) is 2.19. The number of aromatic amines is 1. The van der Waals surface area contributed by atoms with Crippen LogP contribution in [0.1, 0.15) is 12.5 Å². The summed E-state index contributed by atoms with van der Waals surface area (Å²) in [5.74, 6) is -0.513. The molecule has 1 fully saturated rings. The molecule has 1 saturated heterocycles. The number of hydrogen-bond donors (Lipinski definition) is 2. The molecule has 0 spiro atoms. The monoisotopic (exact) mass is 494 g/mol. The molecular formula is C21H23ClN4O4S2. The zero-order valence-corrected chi connectivity index (χ0v) is 19.8. The molecule has 1 aromatic carbocycles. The number of H-pyrrole nitrogens is 1. The van der Waals surface area contributed by atoms with Crippen molar-refractivity contribution in [2.24, 2.45) is 0 Å². The van der Waals surface area contributed by atoms with E-state index in [9.17, 15) is 18.0 Å². The van der Waals surface area contributed by atoms with Gasteiger partial charge in [-0.15, -0.1) is 11.3 Å². The fourth-order valence-corrected chi connectivity index (χ4v) is 6.96. The molecular weight excluding hydrogens is 472 g/mol. The maximum Gasteiger partial charge on any atom is 0.252 e. The lowest BCUT2D eigenvalue weighted by atomic mass is 10.0. The highest BCUT2D eigenvalue weighted by molar-refractivity contribution is 7.91. The van der Waals surface area contributed by atoms with Gasteiger partial charge in [0.15, 0.2) is 0 Å². The molecule has 32 heavy (non-hydrogen) atoms. The Hall–Kier alpha value is -2.40. The van der Waals surface area contributed by atoms with Crippen LogP contribution < -0.4 is 5.32 Å². The third-order valence-electron chi connectivity index (χ3n) is 5.47. The van der Waals surface area contributed by atoms with Gasteiger partial charge in [0.1, 0.15) is 10.3 Å². The summed E-state index contributed by atoms with van der Waals surface area (Å²) >= 11 is 6.90. The second kappa shape index (κ2) is 9.22. The average Bonchev–Trinajstić information content (AvgIpc) is 3.39. The Kier molecular flexibility index (Phi) is 6.57. The smallest absolute Gasteiger partial charge is 0.252 e. The Morgan fingerprint density at radius 1 is 1.16 bits per heavy atom. The van der Waals surface area contributed by atoms with Crippen LogP contribution in [0.25, 0.3) is 10.9 Å². The molecule has 2 N–H and O–H groups in total. The van der Waals surface area contributed by atoms with E-state index in [0.29, 0.717) is 10.8 Å². The normalized spacial score (nSPS) is 16.2. The molecule has 3 aromatic rings. The molecule has 8 nitrogen and oxygen atoms in total. The van der Waals surface area contributed by atoms with E-state index < -0.39 is 16.1 Å². The van der Waals surface area contributed by atoms with Crippen LogP contribution >= 0.6 is 22.9 Å². The van der Waals surface area contributed by atoms with Crippen LogP contribution in [0.5, 0.6) is 0 Å². The number of halogens is 1. The highest BCUT2D eigenvalue weighted by Crippen LogP contribution is 2.28. The molecule has 0 saturated carbocycles. The van der Waals surface area contributed by atoms with Gasteiger partial charge in [0.05, 0.1) is 4.34 Å². The first-order valence-electron chi connectivity index (χ1n) is 10.1. The molecule has 0 radical (unpaired) electrons. The van der Waals surface area contributed by atoms with E-state index in [1.165, 1.54) is 17.3 Å². The van der Waals surface area contributed by atoms with Crippen LogP contribution in [0, 0.1) is 0 Å². The minimum Gasteiger partial charge on any atom is -0.361 e. The first kappa shape index (κ1) is 22.8. The number of hydrogen-bond acceptors (Lipinski definition) is 5. The molecule has 0 bridgehead atoms. The van der Waals surface area contributed by atoms with Gasteiger partial charge in [-0.2, -0.15) is 4.31 Å². The second-order valence-electron chi connectivity index (χ2n) is 7.60. The van der Waals surface area contributed by atoms with Gasteiger partial charge in [0.25, 0.3) is 10.0 Å². The Labute approximate surface area is 195 Å². The molecule has 0 unspecified atom stereocenters. The number of rotatable bonds is 6.